The average molecular weight is 381 g/mol. The zero-order valence-corrected chi connectivity index (χ0v) is 16.8. The molecule has 3 aromatic rings. The first-order valence-corrected chi connectivity index (χ1v) is 10.0. The van der Waals surface area contributed by atoms with E-state index < -0.39 is 0 Å². The summed E-state index contributed by atoms with van der Waals surface area (Å²) in [5, 5.41) is 3.13. The number of hydrogen-bond acceptors (Lipinski definition) is 2. The number of nitrogens with one attached hydrogen (secondary N) is 1. The van der Waals surface area contributed by atoms with Crippen LogP contribution in [0.15, 0.2) is 48.5 Å². The molecule has 2 aromatic carbocycles. The van der Waals surface area contributed by atoms with Crippen molar-refractivity contribution in [2.75, 3.05) is 0 Å². The van der Waals surface area contributed by atoms with Gasteiger partial charge in [0.2, 0.25) is 5.91 Å². The predicted molar refractivity (Wildman–Crippen MR) is 111 cm³/mol. The number of para-hydroxylation sites is 2. The molecule has 0 aliphatic heterocycles. The molecule has 0 radical (unpaired) electrons. The molecule has 1 aromatic heterocycles. The van der Waals surface area contributed by atoms with E-state index in [1.54, 1.807) is 12.1 Å². The van der Waals surface area contributed by atoms with Gasteiger partial charge in [-0.3, -0.25) is 4.79 Å². The highest BCUT2D eigenvalue weighted by Crippen LogP contribution is 2.26. The molecular formula is C23H28FN3O. The van der Waals surface area contributed by atoms with E-state index in [-0.39, 0.29) is 23.8 Å². The third-order valence-electron chi connectivity index (χ3n) is 5.12. The van der Waals surface area contributed by atoms with E-state index in [0.29, 0.717) is 6.42 Å². The zero-order valence-electron chi connectivity index (χ0n) is 16.8. The lowest BCUT2D eigenvalue weighted by Crippen LogP contribution is -2.38. The number of rotatable bonds is 8. The zero-order chi connectivity index (χ0) is 20.1. The fourth-order valence-electron chi connectivity index (χ4n) is 3.44. The Kier molecular flexibility index (Phi) is 6.45. The van der Waals surface area contributed by atoms with Gasteiger partial charge in [0.25, 0.3) is 0 Å². The quantitative estimate of drug-likeness (QED) is 0.595. The molecule has 1 N–H and O–H groups in total. The highest BCUT2D eigenvalue weighted by atomic mass is 19.1. The first-order valence-electron chi connectivity index (χ1n) is 10.0. The molecule has 0 unspecified atom stereocenters. The molecule has 0 aliphatic rings. The summed E-state index contributed by atoms with van der Waals surface area (Å²) < 4.78 is 15.4. The van der Waals surface area contributed by atoms with Crippen molar-refractivity contribution >= 4 is 16.9 Å². The molecule has 4 nitrogen and oxygen atoms in total. The lowest BCUT2D eigenvalue weighted by atomic mass is 10.1. The topological polar surface area (TPSA) is 46.9 Å². The highest BCUT2D eigenvalue weighted by molar-refractivity contribution is 5.84. The number of carbonyl (C=O) groups is 1. The number of fused-ring (bicyclic) bond motifs is 1. The molecule has 3 rings (SSSR count). The Morgan fingerprint density at radius 2 is 1.86 bits per heavy atom. The van der Waals surface area contributed by atoms with E-state index >= 15 is 0 Å². The third-order valence-corrected chi connectivity index (χ3v) is 5.12. The van der Waals surface area contributed by atoms with Crippen molar-refractivity contribution < 1.29 is 9.18 Å². The summed E-state index contributed by atoms with van der Waals surface area (Å²) in [6.45, 7) is 6.17. The van der Waals surface area contributed by atoms with Gasteiger partial charge in [0.15, 0.2) is 0 Å². The van der Waals surface area contributed by atoms with Crippen molar-refractivity contribution in [3.63, 3.8) is 0 Å². The maximum atomic E-state index is 13.3. The van der Waals surface area contributed by atoms with Gasteiger partial charge in [-0.1, -0.05) is 44.5 Å². The number of carbonyl (C=O) groups excluding carboxylic acids is 1. The summed E-state index contributed by atoms with van der Waals surface area (Å²) in [7, 11) is 0. The van der Waals surface area contributed by atoms with Crippen molar-refractivity contribution in [3.05, 3.63) is 65.7 Å². The molecule has 0 fully saturated rings. The van der Waals surface area contributed by atoms with Crippen LogP contribution in [0, 0.1) is 5.82 Å². The van der Waals surface area contributed by atoms with Gasteiger partial charge in [0, 0.05) is 12.5 Å². The fourth-order valence-corrected chi connectivity index (χ4v) is 3.44. The SMILES string of the molecule is CCC[C@@H](C(=O)N[C@H](C)CC)n1c(Cc2ccc(F)cc2)nc2ccccc21. The molecule has 0 bridgehead atoms. The second-order valence-corrected chi connectivity index (χ2v) is 7.31. The summed E-state index contributed by atoms with van der Waals surface area (Å²) in [5.41, 5.74) is 2.80. The van der Waals surface area contributed by atoms with Crippen molar-refractivity contribution in [2.24, 2.45) is 0 Å². The molecule has 5 heteroatoms. The van der Waals surface area contributed by atoms with Gasteiger partial charge in [-0.25, -0.2) is 9.37 Å². The Balaban J connectivity index is 2.05. The summed E-state index contributed by atoms with van der Waals surface area (Å²) in [5.74, 6) is 0.597. The lowest BCUT2D eigenvalue weighted by Gasteiger charge is -2.23. The summed E-state index contributed by atoms with van der Waals surface area (Å²) in [6.07, 6.45) is 3.06. The van der Waals surface area contributed by atoms with Gasteiger partial charge >= 0.3 is 0 Å². The summed E-state index contributed by atoms with van der Waals surface area (Å²) in [6, 6.07) is 14.2. The maximum Gasteiger partial charge on any atom is 0.243 e. The average Bonchev–Trinajstić information content (AvgIpc) is 3.05. The van der Waals surface area contributed by atoms with Gasteiger partial charge in [-0.15, -0.1) is 0 Å². The van der Waals surface area contributed by atoms with Crippen LogP contribution in [0.1, 0.15) is 57.5 Å². The van der Waals surface area contributed by atoms with Gasteiger partial charge in [0.1, 0.15) is 17.7 Å². The Bertz CT molecular complexity index is 933. The maximum absolute atomic E-state index is 13.3. The fraction of sp³-hybridized carbons (Fsp3) is 0.391. The van der Waals surface area contributed by atoms with E-state index in [4.69, 9.17) is 4.98 Å². The Hall–Kier alpha value is -2.69. The summed E-state index contributed by atoms with van der Waals surface area (Å²) >= 11 is 0. The second-order valence-electron chi connectivity index (χ2n) is 7.31. The largest absolute Gasteiger partial charge is 0.352 e. The van der Waals surface area contributed by atoms with Crippen LogP contribution in [0.4, 0.5) is 4.39 Å². The normalized spacial score (nSPS) is 13.4. The van der Waals surface area contributed by atoms with Gasteiger partial charge in [0.05, 0.1) is 11.0 Å². The van der Waals surface area contributed by atoms with Crippen LogP contribution in [0.5, 0.6) is 0 Å². The Morgan fingerprint density at radius 3 is 2.54 bits per heavy atom. The molecule has 1 amide bonds. The highest BCUT2D eigenvalue weighted by Gasteiger charge is 2.25. The number of hydrogen-bond donors (Lipinski definition) is 1. The van der Waals surface area contributed by atoms with E-state index in [2.05, 4.69) is 23.7 Å². The first kappa shape index (κ1) is 20.1. The predicted octanol–water partition coefficient (Wildman–Crippen LogP) is 5.02. The Morgan fingerprint density at radius 1 is 1.14 bits per heavy atom. The number of imidazole rings is 1. The smallest absolute Gasteiger partial charge is 0.243 e. The molecule has 28 heavy (non-hydrogen) atoms. The molecule has 1 heterocycles. The van der Waals surface area contributed by atoms with Gasteiger partial charge in [-0.05, 0) is 49.6 Å². The molecule has 0 spiro atoms. The lowest BCUT2D eigenvalue weighted by molar-refractivity contribution is -0.125. The second kappa shape index (κ2) is 9.00. The van der Waals surface area contributed by atoms with E-state index in [1.807, 2.05) is 31.2 Å². The third kappa shape index (κ3) is 4.41. The van der Waals surface area contributed by atoms with Crippen molar-refractivity contribution in [2.45, 2.75) is 58.5 Å². The Labute approximate surface area is 165 Å². The molecule has 0 saturated heterocycles. The van der Waals surface area contributed by atoms with E-state index in [1.165, 1.54) is 12.1 Å². The van der Waals surface area contributed by atoms with Crippen LogP contribution < -0.4 is 5.32 Å². The number of nitrogens with zero attached hydrogens (tertiary/aromatic N) is 2. The van der Waals surface area contributed by atoms with Crippen LogP contribution in [0.3, 0.4) is 0 Å². The molecule has 148 valence electrons. The minimum Gasteiger partial charge on any atom is -0.352 e. The van der Waals surface area contributed by atoms with Crippen LogP contribution >= 0.6 is 0 Å². The van der Waals surface area contributed by atoms with E-state index in [0.717, 1.165) is 41.7 Å². The molecule has 0 aliphatic carbocycles. The van der Waals surface area contributed by atoms with Crippen LogP contribution in [-0.4, -0.2) is 21.5 Å². The molecular weight excluding hydrogens is 353 g/mol. The standard InChI is InChI=1S/C23H28FN3O/c1-4-8-21(23(28)25-16(3)5-2)27-20-10-7-6-9-19(20)26-22(27)15-17-11-13-18(24)14-12-17/h6-7,9-14,16,21H,4-5,8,15H2,1-3H3,(H,25,28)/t16-,21+/m1/s1. The van der Waals surface area contributed by atoms with Crippen LogP contribution in [0.25, 0.3) is 11.0 Å². The first-order chi connectivity index (χ1) is 13.5. The van der Waals surface area contributed by atoms with Crippen molar-refractivity contribution in [3.8, 4) is 0 Å². The number of halogens is 1. The molecule has 2 atom stereocenters. The number of amides is 1. The number of aromatic nitrogens is 2. The monoisotopic (exact) mass is 381 g/mol. The van der Waals surface area contributed by atoms with Crippen molar-refractivity contribution in [1.29, 1.82) is 0 Å². The van der Waals surface area contributed by atoms with Gasteiger partial charge in [-0.2, -0.15) is 0 Å². The minimum absolute atomic E-state index is 0.0275. The van der Waals surface area contributed by atoms with E-state index in [9.17, 15) is 9.18 Å². The summed E-state index contributed by atoms with van der Waals surface area (Å²) in [4.78, 5) is 17.9. The minimum atomic E-state index is -0.318. The van der Waals surface area contributed by atoms with Crippen LogP contribution in [-0.2, 0) is 11.2 Å². The van der Waals surface area contributed by atoms with Crippen molar-refractivity contribution in [1.82, 2.24) is 14.9 Å². The van der Waals surface area contributed by atoms with Crippen LogP contribution in [0.2, 0.25) is 0 Å². The van der Waals surface area contributed by atoms with Gasteiger partial charge < -0.3 is 9.88 Å². The molecule has 0 saturated carbocycles. The number of benzene rings is 2.